The van der Waals surface area contributed by atoms with Crippen molar-refractivity contribution in [2.24, 2.45) is 9.98 Å². The standard InChI is InChI=1S/2C10H21N2.Ni/c2*1-9(2,3)11-7-8-12-10(4,5)6;/h2*7H,8H2,1-6H3;/q2*-1;. The van der Waals surface area contributed by atoms with Crippen molar-refractivity contribution in [2.45, 2.75) is 105 Å². The number of hydrogen-bond acceptors (Lipinski definition) is 2. The van der Waals surface area contributed by atoms with Crippen LogP contribution in [0.3, 0.4) is 0 Å². The minimum absolute atomic E-state index is 0. The van der Waals surface area contributed by atoms with E-state index in [0.29, 0.717) is 0 Å². The van der Waals surface area contributed by atoms with E-state index in [1.165, 1.54) is 0 Å². The summed E-state index contributed by atoms with van der Waals surface area (Å²) in [5.74, 6) is 0. The molecule has 0 aromatic carbocycles. The molecular weight excluding hydrogens is 355 g/mol. The van der Waals surface area contributed by atoms with Crippen LogP contribution in [0.4, 0.5) is 0 Å². The predicted octanol–water partition coefficient (Wildman–Crippen LogP) is 6.05. The van der Waals surface area contributed by atoms with E-state index < -0.39 is 0 Å². The van der Waals surface area contributed by atoms with Crippen LogP contribution < -0.4 is 0 Å². The molecule has 25 heavy (non-hydrogen) atoms. The smallest absolute Gasteiger partial charge is 0.0519 e. The molecule has 0 saturated heterocycles. The predicted molar refractivity (Wildman–Crippen MR) is 112 cm³/mol. The molecule has 0 saturated carbocycles. The Morgan fingerprint density at radius 1 is 0.560 bits per heavy atom. The third-order valence-corrected chi connectivity index (χ3v) is 2.25. The van der Waals surface area contributed by atoms with Gasteiger partial charge in [0.15, 0.2) is 0 Å². The van der Waals surface area contributed by atoms with Crippen molar-refractivity contribution < 1.29 is 16.5 Å². The summed E-state index contributed by atoms with van der Waals surface area (Å²) in [4.78, 5) is 8.68. The maximum Gasteiger partial charge on any atom is 0.0519 e. The zero-order chi connectivity index (χ0) is 19.7. The third-order valence-electron chi connectivity index (χ3n) is 2.25. The molecule has 0 fully saturated rings. The molecule has 5 heteroatoms. The summed E-state index contributed by atoms with van der Waals surface area (Å²) in [5.41, 5.74) is 0.189. The first kappa shape index (κ1) is 29.5. The summed E-state index contributed by atoms with van der Waals surface area (Å²) in [5, 5.41) is 8.82. The Labute approximate surface area is 168 Å². The summed E-state index contributed by atoms with van der Waals surface area (Å²) in [6.45, 7) is 26.5. The summed E-state index contributed by atoms with van der Waals surface area (Å²) >= 11 is 0. The Hall–Kier alpha value is -0.246. The minimum Gasteiger partial charge on any atom is -0.653 e. The molecule has 0 aromatic rings. The number of hydrogen-bond donors (Lipinski definition) is 0. The second-order valence-corrected chi connectivity index (χ2v) is 9.99. The van der Waals surface area contributed by atoms with Crippen molar-refractivity contribution in [1.29, 1.82) is 0 Å². The fraction of sp³-hybridized carbons (Fsp3) is 0.900. The van der Waals surface area contributed by atoms with Gasteiger partial charge < -0.3 is 10.6 Å². The van der Waals surface area contributed by atoms with Gasteiger partial charge in [0, 0.05) is 16.5 Å². The van der Waals surface area contributed by atoms with Gasteiger partial charge in [-0.05, 0) is 54.0 Å². The molecule has 0 unspecified atom stereocenters. The normalized spacial score (nSPS) is 13.6. The van der Waals surface area contributed by atoms with E-state index in [1.54, 1.807) is 0 Å². The summed E-state index contributed by atoms with van der Waals surface area (Å²) in [6, 6.07) is 0. The zero-order valence-electron chi connectivity index (χ0n) is 18.7. The maximum atomic E-state index is 4.41. The van der Waals surface area contributed by atoms with Crippen LogP contribution in [0.2, 0.25) is 0 Å². The van der Waals surface area contributed by atoms with Crippen LogP contribution in [0, 0.1) is 0 Å². The molecule has 0 aliphatic heterocycles. The topological polar surface area (TPSA) is 52.9 Å². The van der Waals surface area contributed by atoms with Gasteiger partial charge in [0.05, 0.1) is 11.1 Å². The molecule has 154 valence electrons. The van der Waals surface area contributed by atoms with Crippen molar-refractivity contribution in [1.82, 2.24) is 0 Å². The van der Waals surface area contributed by atoms with Crippen LogP contribution in [0.15, 0.2) is 9.98 Å². The van der Waals surface area contributed by atoms with E-state index >= 15 is 0 Å². The first-order valence-corrected chi connectivity index (χ1v) is 8.86. The van der Waals surface area contributed by atoms with Gasteiger partial charge in [0.1, 0.15) is 0 Å². The van der Waals surface area contributed by atoms with Crippen molar-refractivity contribution >= 4 is 12.4 Å². The van der Waals surface area contributed by atoms with Crippen LogP contribution in [0.1, 0.15) is 83.1 Å². The van der Waals surface area contributed by atoms with Crippen molar-refractivity contribution in [2.75, 3.05) is 13.1 Å². The van der Waals surface area contributed by atoms with E-state index in [4.69, 9.17) is 0 Å². The van der Waals surface area contributed by atoms with E-state index in [0.717, 1.165) is 13.1 Å². The fourth-order valence-electron chi connectivity index (χ4n) is 1.26. The van der Waals surface area contributed by atoms with Gasteiger partial charge in [-0.2, -0.15) is 0 Å². The summed E-state index contributed by atoms with van der Waals surface area (Å²) < 4.78 is 0. The molecule has 0 rings (SSSR count). The minimum atomic E-state index is 0. The first-order valence-electron chi connectivity index (χ1n) is 8.86. The number of rotatable bonds is 4. The van der Waals surface area contributed by atoms with Gasteiger partial charge in [-0.25, -0.2) is 0 Å². The molecule has 4 nitrogen and oxygen atoms in total. The zero-order valence-corrected chi connectivity index (χ0v) is 19.7. The number of aliphatic imine (C=N–C) groups is 2. The average molecular weight is 397 g/mol. The Balaban J connectivity index is -0.000000372. The summed E-state index contributed by atoms with van der Waals surface area (Å²) in [7, 11) is 0. The Morgan fingerprint density at radius 3 is 0.960 bits per heavy atom. The van der Waals surface area contributed by atoms with E-state index in [-0.39, 0.29) is 38.6 Å². The maximum absolute atomic E-state index is 4.41. The van der Waals surface area contributed by atoms with Crippen LogP contribution in [0.5, 0.6) is 0 Å². The Morgan fingerprint density at radius 2 is 0.800 bits per heavy atom. The van der Waals surface area contributed by atoms with Gasteiger partial charge in [0.25, 0.3) is 0 Å². The molecule has 0 heterocycles. The second-order valence-electron chi connectivity index (χ2n) is 9.99. The van der Waals surface area contributed by atoms with Crippen LogP contribution in [-0.4, -0.2) is 47.7 Å². The molecule has 0 aliphatic carbocycles. The molecule has 0 amide bonds. The van der Waals surface area contributed by atoms with Crippen LogP contribution >= 0.6 is 0 Å². The Bertz CT molecular complexity index is 336. The first-order chi connectivity index (χ1) is 10.4. The van der Waals surface area contributed by atoms with Crippen molar-refractivity contribution in [3.8, 4) is 0 Å². The van der Waals surface area contributed by atoms with Crippen molar-refractivity contribution in [3.63, 3.8) is 0 Å². The summed E-state index contributed by atoms with van der Waals surface area (Å²) in [6.07, 6.45) is 3.79. The molecule has 0 aromatic heterocycles. The van der Waals surface area contributed by atoms with Crippen molar-refractivity contribution in [3.05, 3.63) is 10.6 Å². The van der Waals surface area contributed by atoms with Gasteiger partial charge in [-0.15, -0.1) is 24.2 Å². The molecule has 0 atom stereocenters. The average Bonchev–Trinajstić information content (AvgIpc) is 2.27. The Kier molecular flexibility index (Phi) is 14.4. The molecule has 0 aliphatic rings. The van der Waals surface area contributed by atoms with E-state index in [2.05, 4.69) is 104 Å². The fourth-order valence-corrected chi connectivity index (χ4v) is 1.26. The van der Waals surface area contributed by atoms with E-state index in [1.807, 2.05) is 12.4 Å². The largest absolute Gasteiger partial charge is 0.653 e. The number of nitrogens with zero attached hydrogens (tertiary/aromatic N) is 4. The van der Waals surface area contributed by atoms with Crippen LogP contribution in [-0.2, 0) is 16.5 Å². The molecule has 0 spiro atoms. The molecule has 0 bridgehead atoms. The monoisotopic (exact) mass is 396 g/mol. The van der Waals surface area contributed by atoms with Gasteiger partial charge in [-0.1, -0.05) is 41.5 Å². The molecule has 0 radical (unpaired) electrons. The molecular formula is C20H42N4Ni-2. The SMILES string of the molecule is CC(C)(C)N=CC[N-]C(C)(C)C.CC(C)(C)N=CC[N-]C(C)(C)C.[Ni]. The van der Waals surface area contributed by atoms with Gasteiger partial charge in [-0.3, -0.25) is 9.98 Å². The van der Waals surface area contributed by atoms with Crippen LogP contribution in [0.25, 0.3) is 10.6 Å². The second kappa shape index (κ2) is 12.2. The van der Waals surface area contributed by atoms with Gasteiger partial charge in [0.2, 0.25) is 0 Å². The molecule has 0 N–H and O–H groups in total. The van der Waals surface area contributed by atoms with Gasteiger partial charge >= 0.3 is 0 Å². The third kappa shape index (κ3) is 35.7. The van der Waals surface area contributed by atoms with E-state index in [9.17, 15) is 0 Å². The quantitative estimate of drug-likeness (QED) is 0.410.